The number of hydrogen-bond donors (Lipinski definition) is 3. The van der Waals surface area contributed by atoms with Gasteiger partial charge in [-0.3, -0.25) is 4.99 Å². The molecule has 0 saturated heterocycles. The van der Waals surface area contributed by atoms with Crippen LogP contribution in [0, 0.1) is 0 Å². The second-order valence-electron chi connectivity index (χ2n) is 6.35. The molecule has 2 aliphatic heterocycles. The van der Waals surface area contributed by atoms with Crippen molar-refractivity contribution in [3.8, 4) is 11.5 Å². The van der Waals surface area contributed by atoms with Gasteiger partial charge in [0.15, 0.2) is 17.7 Å². The number of benzene rings is 1. The normalized spacial score (nSPS) is 21.9. The third kappa shape index (κ3) is 3.08. The van der Waals surface area contributed by atoms with Gasteiger partial charge in [-0.05, 0) is 26.1 Å². The van der Waals surface area contributed by atoms with E-state index in [1.165, 1.54) is 12.1 Å². The van der Waals surface area contributed by atoms with Crippen molar-refractivity contribution in [1.29, 1.82) is 0 Å². The molecule has 26 heavy (non-hydrogen) atoms. The number of alkyl halides is 2. The summed E-state index contributed by atoms with van der Waals surface area (Å²) < 4.78 is 35.0. The van der Waals surface area contributed by atoms with E-state index in [0.29, 0.717) is 29.0 Å². The SMILES string of the molecule is CN(C)C1C=NC=C(C(O)Nc2nc3cc4c(cc3[nH]2)OC(F)(F)O4)C1. The van der Waals surface area contributed by atoms with Crippen LogP contribution in [0.2, 0.25) is 0 Å². The lowest BCUT2D eigenvalue weighted by Gasteiger charge is -2.26. The van der Waals surface area contributed by atoms with Gasteiger partial charge in [0.1, 0.15) is 0 Å². The molecule has 3 heterocycles. The van der Waals surface area contributed by atoms with Crippen molar-refractivity contribution in [2.24, 2.45) is 4.99 Å². The molecular weight excluding hydrogens is 348 g/mol. The minimum absolute atomic E-state index is 0.0728. The third-order valence-electron chi connectivity index (χ3n) is 4.24. The first-order valence-corrected chi connectivity index (χ1v) is 7.93. The van der Waals surface area contributed by atoms with Crippen LogP contribution < -0.4 is 14.8 Å². The molecule has 0 saturated carbocycles. The van der Waals surface area contributed by atoms with Gasteiger partial charge in [0.25, 0.3) is 0 Å². The Morgan fingerprint density at radius 3 is 2.81 bits per heavy atom. The molecular formula is C16H17F2N5O3. The third-order valence-corrected chi connectivity index (χ3v) is 4.24. The summed E-state index contributed by atoms with van der Waals surface area (Å²) in [7, 11) is 3.87. The first-order chi connectivity index (χ1) is 12.3. The highest BCUT2D eigenvalue weighted by Crippen LogP contribution is 2.42. The van der Waals surface area contributed by atoms with Crippen LogP contribution in [0.4, 0.5) is 14.7 Å². The number of rotatable bonds is 4. The second-order valence-corrected chi connectivity index (χ2v) is 6.35. The molecule has 0 amide bonds. The molecule has 10 heteroatoms. The Hall–Kier alpha value is -2.72. The first kappa shape index (κ1) is 16.7. The number of ether oxygens (including phenoxy) is 2. The molecule has 3 N–H and O–H groups in total. The summed E-state index contributed by atoms with van der Waals surface area (Å²) in [5.41, 5.74) is 1.59. The number of aromatic nitrogens is 2. The molecule has 2 unspecified atom stereocenters. The van der Waals surface area contributed by atoms with E-state index in [2.05, 4.69) is 29.8 Å². The Bertz CT molecular complexity index is 864. The number of fused-ring (bicyclic) bond motifs is 2. The summed E-state index contributed by atoms with van der Waals surface area (Å²) in [5, 5.41) is 13.3. The van der Waals surface area contributed by atoms with E-state index >= 15 is 0 Å². The number of aromatic amines is 1. The molecule has 2 aliphatic rings. The Labute approximate surface area is 147 Å². The van der Waals surface area contributed by atoms with Crippen molar-refractivity contribution in [3.05, 3.63) is 23.9 Å². The number of aliphatic hydroxyl groups is 1. The van der Waals surface area contributed by atoms with Gasteiger partial charge in [-0.25, -0.2) is 4.98 Å². The van der Waals surface area contributed by atoms with E-state index < -0.39 is 12.5 Å². The van der Waals surface area contributed by atoms with Crippen molar-refractivity contribution in [3.63, 3.8) is 0 Å². The predicted octanol–water partition coefficient (Wildman–Crippen LogP) is 1.90. The molecule has 0 bridgehead atoms. The van der Waals surface area contributed by atoms with E-state index in [1.807, 2.05) is 25.2 Å². The van der Waals surface area contributed by atoms with Gasteiger partial charge >= 0.3 is 6.29 Å². The molecule has 1 aromatic carbocycles. The fraction of sp³-hybridized carbons (Fsp3) is 0.375. The molecule has 1 aromatic heterocycles. The van der Waals surface area contributed by atoms with Crippen LogP contribution in [-0.2, 0) is 0 Å². The maximum Gasteiger partial charge on any atom is 0.586 e. The van der Waals surface area contributed by atoms with Crippen molar-refractivity contribution >= 4 is 23.2 Å². The van der Waals surface area contributed by atoms with Crippen LogP contribution >= 0.6 is 0 Å². The van der Waals surface area contributed by atoms with Crippen LogP contribution in [0.1, 0.15) is 6.42 Å². The minimum atomic E-state index is -3.67. The number of nitrogens with one attached hydrogen (secondary N) is 2. The number of nitrogens with zero attached hydrogens (tertiary/aromatic N) is 3. The lowest BCUT2D eigenvalue weighted by molar-refractivity contribution is -0.286. The van der Waals surface area contributed by atoms with E-state index in [1.54, 1.807) is 6.20 Å². The van der Waals surface area contributed by atoms with E-state index in [-0.39, 0.29) is 17.5 Å². The van der Waals surface area contributed by atoms with Gasteiger partial charge < -0.3 is 29.8 Å². The Balaban J connectivity index is 1.52. The minimum Gasteiger partial charge on any atom is -0.395 e. The standard InChI is InChI=1S/C16H17F2N5O3/c1-23(2)9-3-8(6-19-7-9)14(24)22-15-20-10-4-12-13(5-11(10)21-15)26-16(17,18)25-12/h4-7,9,14,24H,3H2,1-2H3,(H2,20,21,22). The lowest BCUT2D eigenvalue weighted by Crippen LogP contribution is -2.34. The molecule has 0 radical (unpaired) electrons. The monoisotopic (exact) mass is 365 g/mol. The van der Waals surface area contributed by atoms with Crippen molar-refractivity contribution in [2.45, 2.75) is 25.0 Å². The summed E-state index contributed by atoms with van der Waals surface area (Å²) in [6.07, 6.45) is -0.613. The van der Waals surface area contributed by atoms with Crippen LogP contribution in [0.5, 0.6) is 11.5 Å². The summed E-state index contributed by atoms with van der Waals surface area (Å²) >= 11 is 0. The number of H-pyrrole nitrogens is 1. The molecule has 0 aliphatic carbocycles. The summed E-state index contributed by atoms with van der Waals surface area (Å²) in [6.45, 7) is 0. The van der Waals surface area contributed by atoms with Crippen LogP contribution in [0.25, 0.3) is 11.0 Å². The zero-order valence-corrected chi connectivity index (χ0v) is 14.0. The number of halogens is 2. The number of anilines is 1. The summed E-state index contributed by atoms with van der Waals surface area (Å²) in [5.74, 6) is 0.135. The largest absolute Gasteiger partial charge is 0.586 e. The highest BCUT2D eigenvalue weighted by atomic mass is 19.3. The highest BCUT2D eigenvalue weighted by molar-refractivity contribution is 5.82. The zero-order chi connectivity index (χ0) is 18.5. The van der Waals surface area contributed by atoms with Gasteiger partial charge in [-0.2, -0.15) is 0 Å². The summed E-state index contributed by atoms with van der Waals surface area (Å²) in [6, 6.07) is 2.83. The Morgan fingerprint density at radius 1 is 1.35 bits per heavy atom. The Morgan fingerprint density at radius 2 is 2.08 bits per heavy atom. The van der Waals surface area contributed by atoms with Crippen molar-refractivity contribution in [1.82, 2.24) is 14.9 Å². The number of hydrogen-bond acceptors (Lipinski definition) is 7. The number of aliphatic hydroxyl groups excluding tert-OH is 1. The molecule has 0 fully saturated rings. The molecule has 4 rings (SSSR count). The second kappa shape index (κ2) is 5.92. The van der Waals surface area contributed by atoms with Gasteiger partial charge in [0.2, 0.25) is 5.95 Å². The predicted molar refractivity (Wildman–Crippen MR) is 90.6 cm³/mol. The smallest absolute Gasteiger partial charge is 0.395 e. The average Bonchev–Trinajstić information content (AvgIpc) is 3.09. The maximum atomic E-state index is 13.1. The van der Waals surface area contributed by atoms with E-state index in [0.717, 1.165) is 0 Å². The van der Waals surface area contributed by atoms with Crippen molar-refractivity contribution in [2.75, 3.05) is 19.4 Å². The van der Waals surface area contributed by atoms with Gasteiger partial charge in [-0.15, -0.1) is 8.78 Å². The van der Waals surface area contributed by atoms with Gasteiger partial charge in [0, 0.05) is 30.6 Å². The Kier molecular flexibility index (Phi) is 3.81. The summed E-state index contributed by atoms with van der Waals surface area (Å²) in [4.78, 5) is 13.3. The fourth-order valence-corrected chi connectivity index (χ4v) is 2.83. The molecule has 8 nitrogen and oxygen atoms in total. The zero-order valence-electron chi connectivity index (χ0n) is 14.0. The molecule has 2 aromatic rings. The van der Waals surface area contributed by atoms with E-state index in [4.69, 9.17) is 0 Å². The van der Waals surface area contributed by atoms with Gasteiger partial charge in [-0.1, -0.05) is 0 Å². The molecule has 138 valence electrons. The van der Waals surface area contributed by atoms with Crippen LogP contribution in [-0.4, -0.2) is 58.8 Å². The molecule has 2 atom stereocenters. The van der Waals surface area contributed by atoms with E-state index in [9.17, 15) is 13.9 Å². The maximum absolute atomic E-state index is 13.1. The molecule has 0 spiro atoms. The average molecular weight is 365 g/mol. The first-order valence-electron chi connectivity index (χ1n) is 7.93. The van der Waals surface area contributed by atoms with Crippen molar-refractivity contribution < 1.29 is 23.4 Å². The highest BCUT2D eigenvalue weighted by Gasteiger charge is 2.43. The van der Waals surface area contributed by atoms with Crippen LogP contribution in [0.15, 0.2) is 28.9 Å². The quantitative estimate of drug-likeness (QED) is 0.717. The lowest BCUT2D eigenvalue weighted by atomic mass is 10.0. The fourth-order valence-electron chi connectivity index (χ4n) is 2.83. The van der Waals surface area contributed by atoms with Crippen LogP contribution in [0.3, 0.4) is 0 Å². The topological polar surface area (TPSA) is 95.0 Å². The number of aliphatic imine (C=N–C) groups is 1. The number of imidazole rings is 1. The van der Waals surface area contributed by atoms with Gasteiger partial charge in [0.05, 0.1) is 11.0 Å².